The van der Waals surface area contributed by atoms with E-state index in [4.69, 9.17) is 5.73 Å². The first-order valence-corrected chi connectivity index (χ1v) is 7.22. The van der Waals surface area contributed by atoms with Gasteiger partial charge in [-0.3, -0.25) is 4.79 Å². The highest BCUT2D eigenvalue weighted by Crippen LogP contribution is 2.29. The van der Waals surface area contributed by atoms with Crippen molar-refractivity contribution in [1.29, 1.82) is 0 Å². The highest BCUT2D eigenvalue weighted by Gasteiger charge is 2.36. The highest BCUT2D eigenvalue weighted by atomic mass is 16.2. The number of nitrogens with one attached hydrogen (secondary N) is 1. The zero-order chi connectivity index (χ0) is 12.3. The molecule has 0 aromatic carbocycles. The van der Waals surface area contributed by atoms with Crippen LogP contribution >= 0.6 is 0 Å². The van der Waals surface area contributed by atoms with Crippen molar-refractivity contribution < 1.29 is 4.79 Å². The molecule has 0 aliphatic heterocycles. The lowest BCUT2D eigenvalue weighted by Crippen LogP contribution is -2.57. The molecule has 0 bridgehead atoms. The van der Waals surface area contributed by atoms with Crippen LogP contribution in [0.1, 0.15) is 64.7 Å². The predicted octanol–water partition coefficient (Wildman–Crippen LogP) is 2.34. The van der Waals surface area contributed by atoms with Crippen molar-refractivity contribution in [3.8, 4) is 0 Å². The highest BCUT2D eigenvalue weighted by molar-refractivity contribution is 5.86. The Bertz CT molecular complexity index is 265. The minimum atomic E-state index is -0.578. The van der Waals surface area contributed by atoms with Crippen molar-refractivity contribution in [2.45, 2.75) is 76.3 Å². The normalized spacial score (nSPS) is 26.7. The van der Waals surface area contributed by atoms with Crippen LogP contribution in [0, 0.1) is 5.92 Å². The summed E-state index contributed by atoms with van der Waals surface area (Å²) in [5.41, 5.74) is 5.66. The summed E-state index contributed by atoms with van der Waals surface area (Å²) in [6.07, 6.45) is 10.3. The number of rotatable bonds is 3. The minimum absolute atomic E-state index is 0.0941. The summed E-state index contributed by atoms with van der Waals surface area (Å²) in [4.78, 5) is 12.3. The monoisotopic (exact) mass is 238 g/mol. The van der Waals surface area contributed by atoms with E-state index in [1.165, 1.54) is 32.1 Å². The molecule has 3 N–H and O–H groups in total. The average molecular weight is 238 g/mol. The molecular weight excluding hydrogens is 212 g/mol. The molecule has 2 aliphatic carbocycles. The molecule has 0 radical (unpaired) electrons. The first kappa shape index (κ1) is 12.9. The van der Waals surface area contributed by atoms with Gasteiger partial charge in [-0.05, 0) is 38.5 Å². The number of carbonyl (C=O) groups excluding carboxylic acids is 1. The molecule has 0 saturated heterocycles. The van der Waals surface area contributed by atoms with Crippen molar-refractivity contribution in [3.63, 3.8) is 0 Å². The Morgan fingerprint density at radius 3 is 2.35 bits per heavy atom. The number of hydrogen-bond donors (Lipinski definition) is 2. The van der Waals surface area contributed by atoms with E-state index in [9.17, 15) is 4.79 Å². The van der Waals surface area contributed by atoms with Crippen molar-refractivity contribution >= 4 is 5.91 Å². The maximum atomic E-state index is 12.3. The zero-order valence-corrected chi connectivity index (χ0v) is 11.0. The van der Waals surface area contributed by atoms with Gasteiger partial charge in [0.05, 0.1) is 5.54 Å². The van der Waals surface area contributed by atoms with Gasteiger partial charge in [-0.1, -0.05) is 32.1 Å². The largest absolute Gasteiger partial charge is 0.352 e. The van der Waals surface area contributed by atoms with E-state index in [1.54, 1.807) is 0 Å². The molecule has 0 spiro atoms. The smallest absolute Gasteiger partial charge is 0.240 e. The predicted molar refractivity (Wildman–Crippen MR) is 69.6 cm³/mol. The van der Waals surface area contributed by atoms with Gasteiger partial charge in [0.25, 0.3) is 0 Å². The summed E-state index contributed by atoms with van der Waals surface area (Å²) >= 11 is 0. The van der Waals surface area contributed by atoms with E-state index in [-0.39, 0.29) is 5.91 Å². The lowest BCUT2D eigenvalue weighted by molar-refractivity contribution is -0.128. The summed E-state index contributed by atoms with van der Waals surface area (Å²) in [7, 11) is 0. The Morgan fingerprint density at radius 2 is 1.76 bits per heavy atom. The van der Waals surface area contributed by atoms with Gasteiger partial charge in [-0.2, -0.15) is 0 Å². The molecule has 2 rings (SSSR count). The van der Waals surface area contributed by atoms with E-state index in [1.807, 2.05) is 0 Å². The second-order valence-electron chi connectivity index (χ2n) is 6.02. The van der Waals surface area contributed by atoms with Crippen LogP contribution < -0.4 is 11.1 Å². The molecule has 0 heterocycles. The van der Waals surface area contributed by atoms with Gasteiger partial charge in [0.2, 0.25) is 5.91 Å². The van der Waals surface area contributed by atoms with Crippen LogP contribution in [-0.2, 0) is 4.79 Å². The lowest BCUT2D eigenvalue weighted by Gasteiger charge is -2.34. The van der Waals surface area contributed by atoms with Gasteiger partial charge >= 0.3 is 0 Å². The number of nitrogens with two attached hydrogens (primary N) is 1. The van der Waals surface area contributed by atoms with Crippen LogP contribution in [0.3, 0.4) is 0 Å². The third kappa shape index (κ3) is 3.01. The Morgan fingerprint density at radius 1 is 1.18 bits per heavy atom. The quantitative estimate of drug-likeness (QED) is 0.793. The molecule has 3 heteroatoms. The van der Waals surface area contributed by atoms with Crippen LogP contribution in [0.25, 0.3) is 0 Å². The summed E-state index contributed by atoms with van der Waals surface area (Å²) in [6, 6.07) is 0.298. The molecule has 2 aliphatic rings. The summed E-state index contributed by atoms with van der Waals surface area (Å²) in [5, 5.41) is 3.17. The Balaban J connectivity index is 1.86. The van der Waals surface area contributed by atoms with Crippen LogP contribution in [0.15, 0.2) is 0 Å². The van der Waals surface area contributed by atoms with Crippen LogP contribution in [0.2, 0.25) is 0 Å². The van der Waals surface area contributed by atoms with E-state index in [0.717, 1.165) is 25.7 Å². The van der Waals surface area contributed by atoms with E-state index in [0.29, 0.717) is 12.0 Å². The molecule has 0 aromatic heterocycles. The molecule has 1 amide bonds. The molecule has 17 heavy (non-hydrogen) atoms. The first-order valence-electron chi connectivity index (χ1n) is 7.22. The van der Waals surface area contributed by atoms with Crippen molar-refractivity contribution in [2.24, 2.45) is 11.7 Å². The lowest BCUT2D eigenvalue weighted by atomic mass is 9.81. The molecule has 1 atom stereocenters. The Labute approximate surface area is 105 Å². The molecular formula is C14H26N2O. The molecule has 98 valence electrons. The Kier molecular flexibility index (Phi) is 4.08. The second kappa shape index (κ2) is 5.38. The molecule has 1 unspecified atom stereocenters. The number of hydrogen-bond acceptors (Lipinski definition) is 2. The number of carbonyl (C=O) groups is 1. The fraction of sp³-hybridized carbons (Fsp3) is 0.929. The van der Waals surface area contributed by atoms with Gasteiger partial charge in [0.15, 0.2) is 0 Å². The van der Waals surface area contributed by atoms with E-state index < -0.39 is 5.54 Å². The van der Waals surface area contributed by atoms with Gasteiger partial charge in [0.1, 0.15) is 0 Å². The second-order valence-corrected chi connectivity index (χ2v) is 6.02. The van der Waals surface area contributed by atoms with Gasteiger partial charge < -0.3 is 11.1 Å². The van der Waals surface area contributed by atoms with Gasteiger partial charge in [-0.25, -0.2) is 0 Å². The van der Waals surface area contributed by atoms with Crippen molar-refractivity contribution in [1.82, 2.24) is 5.32 Å². The number of amides is 1. The SMILES string of the molecule is CC(NC(=O)C1(N)CCCCC1)C1CCCC1. The topological polar surface area (TPSA) is 55.1 Å². The summed E-state index contributed by atoms with van der Waals surface area (Å²) in [5.74, 6) is 0.766. The minimum Gasteiger partial charge on any atom is -0.352 e. The van der Waals surface area contributed by atoms with Crippen LogP contribution in [-0.4, -0.2) is 17.5 Å². The van der Waals surface area contributed by atoms with Gasteiger partial charge in [-0.15, -0.1) is 0 Å². The van der Waals surface area contributed by atoms with E-state index in [2.05, 4.69) is 12.2 Å². The first-order chi connectivity index (χ1) is 8.12. The fourth-order valence-electron chi connectivity index (χ4n) is 3.34. The average Bonchev–Trinajstić information content (AvgIpc) is 2.83. The Hall–Kier alpha value is -0.570. The van der Waals surface area contributed by atoms with Crippen molar-refractivity contribution in [3.05, 3.63) is 0 Å². The van der Waals surface area contributed by atoms with Crippen molar-refractivity contribution in [2.75, 3.05) is 0 Å². The maximum absolute atomic E-state index is 12.3. The zero-order valence-electron chi connectivity index (χ0n) is 11.0. The molecule has 3 nitrogen and oxygen atoms in total. The van der Waals surface area contributed by atoms with Gasteiger partial charge in [0, 0.05) is 6.04 Å². The standard InChI is InChI=1S/C14H26N2O/c1-11(12-7-3-4-8-12)16-13(17)14(15)9-5-2-6-10-14/h11-12H,2-10,15H2,1H3,(H,16,17). The van der Waals surface area contributed by atoms with Crippen LogP contribution in [0.5, 0.6) is 0 Å². The summed E-state index contributed by atoms with van der Waals surface area (Å²) in [6.45, 7) is 2.14. The maximum Gasteiger partial charge on any atom is 0.240 e. The molecule has 0 aromatic rings. The fourth-order valence-corrected chi connectivity index (χ4v) is 3.34. The third-order valence-electron chi connectivity index (χ3n) is 4.66. The molecule has 2 fully saturated rings. The van der Waals surface area contributed by atoms with Crippen LogP contribution in [0.4, 0.5) is 0 Å². The summed E-state index contributed by atoms with van der Waals surface area (Å²) < 4.78 is 0. The third-order valence-corrected chi connectivity index (χ3v) is 4.66. The molecule has 2 saturated carbocycles. The van der Waals surface area contributed by atoms with E-state index >= 15 is 0 Å².